The summed E-state index contributed by atoms with van der Waals surface area (Å²) in [7, 11) is 0. The Morgan fingerprint density at radius 1 is 0.939 bits per heavy atom. The van der Waals surface area contributed by atoms with Gasteiger partial charge in [0.1, 0.15) is 0 Å². The van der Waals surface area contributed by atoms with E-state index in [0.717, 1.165) is 25.8 Å². The van der Waals surface area contributed by atoms with Gasteiger partial charge in [0.2, 0.25) is 0 Å². The van der Waals surface area contributed by atoms with Crippen LogP contribution in [0.5, 0.6) is 0 Å². The highest BCUT2D eigenvalue weighted by Gasteiger charge is 2.24. The molecule has 3 N–H and O–H groups in total. The Kier molecular flexibility index (Phi) is 8.45. The second-order valence-corrected chi connectivity index (χ2v) is 9.99. The van der Waals surface area contributed by atoms with Crippen LogP contribution < -0.4 is 11.1 Å². The molecule has 2 aliphatic rings. The zero-order valence-electron chi connectivity index (χ0n) is 19.7. The van der Waals surface area contributed by atoms with Gasteiger partial charge in [-0.05, 0) is 80.8 Å². The standard InChI is InChI=1S/C28H38N4.ClH/c29-22-10-12-23(13-11-22)31-19-16-25(21-14-17-30-18-15-21)27-20-32(24-6-2-1-3-7-24)28-9-5-4-8-26(27)28;/h4-5,8-9,14-15,17-18,20,22-25,31H,1-3,6-7,10-13,16,19,29H2;1H. The van der Waals surface area contributed by atoms with E-state index in [1.54, 1.807) is 0 Å². The molecule has 2 aromatic heterocycles. The molecule has 2 saturated carbocycles. The summed E-state index contributed by atoms with van der Waals surface area (Å²) in [6.07, 6.45) is 18.9. The van der Waals surface area contributed by atoms with Crippen LogP contribution in [0.2, 0.25) is 0 Å². The average Bonchev–Trinajstić information content (AvgIpc) is 3.24. The Labute approximate surface area is 204 Å². The molecule has 3 aromatic rings. The summed E-state index contributed by atoms with van der Waals surface area (Å²) in [6, 6.07) is 15.1. The normalized spacial score (nSPS) is 22.7. The molecule has 0 aliphatic heterocycles. The number of nitrogens with one attached hydrogen (secondary N) is 1. The summed E-state index contributed by atoms with van der Waals surface area (Å²) in [5, 5.41) is 5.27. The molecule has 1 unspecified atom stereocenters. The maximum absolute atomic E-state index is 6.11. The Hall–Kier alpha value is -1.88. The molecule has 0 amide bonds. The third-order valence-corrected chi connectivity index (χ3v) is 7.86. The van der Waals surface area contributed by atoms with E-state index in [9.17, 15) is 0 Å². The SMILES string of the molecule is Cl.NC1CCC(NCCC(c2ccncc2)c2cn(C3CCCCC3)c3ccccc23)CC1. The highest BCUT2D eigenvalue weighted by molar-refractivity contribution is 5.85. The molecule has 0 radical (unpaired) electrons. The fourth-order valence-corrected chi connectivity index (χ4v) is 6.02. The lowest BCUT2D eigenvalue weighted by Gasteiger charge is -2.28. The minimum absolute atomic E-state index is 0. The number of benzene rings is 1. The van der Waals surface area contributed by atoms with E-state index in [1.165, 1.54) is 67.0 Å². The molecule has 2 fully saturated rings. The largest absolute Gasteiger partial charge is 0.344 e. The van der Waals surface area contributed by atoms with Crippen molar-refractivity contribution in [2.24, 2.45) is 5.73 Å². The Morgan fingerprint density at radius 2 is 1.67 bits per heavy atom. The van der Waals surface area contributed by atoms with E-state index in [4.69, 9.17) is 5.73 Å². The molecule has 0 bridgehead atoms. The molecule has 0 saturated heterocycles. The van der Waals surface area contributed by atoms with Crippen LogP contribution in [0, 0.1) is 0 Å². The van der Waals surface area contributed by atoms with Crippen molar-refractivity contribution in [3.05, 3.63) is 66.1 Å². The van der Waals surface area contributed by atoms with Crippen LogP contribution in [0.1, 0.15) is 87.3 Å². The number of hydrogen-bond acceptors (Lipinski definition) is 3. The molecule has 2 aliphatic carbocycles. The summed E-state index contributed by atoms with van der Waals surface area (Å²) in [4.78, 5) is 4.29. The number of nitrogens with zero attached hydrogens (tertiary/aromatic N) is 2. The summed E-state index contributed by atoms with van der Waals surface area (Å²) < 4.78 is 2.61. The fraction of sp³-hybridized carbons (Fsp3) is 0.536. The number of nitrogens with two attached hydrogens (primary N) is 1. The summed E-state index contributed by atoms with van der Waals surface area (Å²) in [5.74, 6) is 0.381. The van der Waals surface area contributed by atoms with Crippen molar-refractivity contribution in [1.29, 1.82) is 0 Å². The summed E-state index contributed by atoms with van der Waals surface area (Å²) >= 11 is 0. The van der Waals surface area contributed by atoms with Crippen molar-refractivity contribution in [3.8, 4) is 0 Å². The van der Waals surface area contributed by atoms with Crippen molar-refractivity contribution < 1.29 is 0 Å². The molecule has 33 heavy (non-hydrogen) atoms. The van der Waals surface area contributed by atoms with Gasteiger partial charge in [0.25, 0.3) is 0 Å². The Bertz CT molecular complexity index is 988. The van der Waals surface area contributed by atoms with E-state index >= 15 is 0 Å². The fourth-order valence-electron chi connectivity index (χ4n) is 6.02. The van der Waals surface area contributed by atoms with Crippen LogP contribution in [0.25, 0.3) is 10.9 Å². The van der Waals surface area contributed by atoms with Gasteiger partial charge in [-0.25, -0.2) is 0 Å². The number of aromatic nitrogens is 2. The first kappa shape index (κ1) is 24.3. The third-order valence-electron chi connectivity index (χ3n) is 7.86. The maximum Gasteiger partial charge on any atom is 0.0485 e. The van der Waals surface area contributed by atoms with Crippen molar-refractivity contribution in [2.45, 2.75) is 88.3 Å². The molecular formula is C28H39ClN4. The molecule has 5 rings (SSSR count). The van der Waals surface area contributed by atoms with Crippen LogP contribution >= 0.6 is 12.4 Å². The van der Waals surface area contributed by atoms with Gasteiger partial charge in [-0.1, -0.05) is 37.5 Å². The van der Waals surface area contributed by atoms with Crippen molar-refractivity contribution >= 4 is 23.3 Å². The highest BCUT2D eigenvalue weighted by Crippen LogP contribution is 2.38. The van der Waals surface area contributed by atoms with Gasteiger partial charge in [-0.2, -0.15) is 0 Å². The second-order valence-electron chi connectivity index (χ2n) is 9.99. The quantitative estimate of drug-likeness (QED) is 0.426. The molecule has 1 aromatic carbocycles. The van der Waals surface area contributed by atoms with E-state index < -0.39 is 0 Å². The van der Waals surface area contributed by atoms with Gasteiger partial charge in [-0.15, -0.1) is 12.4 Å². The number of rotatable bonds is 7. The molecule has 5 heteroatoms. The zero-order valence-corrected chi connectivity index (χ0v) is 20.5. The van der Waals surface area contributed by atoms with E-state index in [-0.39, 0.29) is 12.4 Å². The minimum Gasteiger partial charge on any atom is -0.344 e. The molecule has 0 spiro atoms. The summed E-state index contributed by atoms with van der Waals surface area (Å²) in [6.45, 7) is 1.04. The van der Waals surface area contributed by atoms with Crippen LogP contribution in [0.4, 0.5) is 0 Å². The van der Waals surface area contributed by atoms with Crippen LogP contribution in [-0.2, 0) is 0 Å². The molecule has 4 nitrogen and oxygen atoms in total. The topological polar surface area (TPSA) is 55.9 Å². The smallest absolute Gasteiger partial charge is 0.0485 e. The molecule has 178 valence electrons. The lowest BCUT2D eigenvalue weighted by atomic mass is 9.88. The molecule has 2 heterocycles. The van der Waals surface area contributed by atoms with Crippen molar-refractivity contribution in [2.75, 3.05) is 6.54 Å². The van der Waals surface area contributed by atoms with Crippen molar-refractivity contribution in [1.82, 2.24) is 14.9 Å². The van der Waals surface area contributed by atoms with Crippen LogP contribution in [0.3, 0.4) is 0 Å². The average molecular weight is 467 g/mol. The van der Waals surface area contributed by atoms with Gasteiger partial charge in [0.15, 0.2) is 0 Å². The van der Waals surface area contributed by atoms with Gasteiger partial charge < -0.3 is 15.6 Å². The van der Waals surface area contributed by atoms with Gasteiger partial charge in [-0.3, -0.25) is 4.98 Å². The number of para-hydroxylation sites is 1. The third kappa shape index (κ3) is 5.62. The van der Waals surface area contributed by atoms with Crippen molar-refractivity contribution in [3.63, 3.8) is 0 Å². The van der Waals surface area contributed by atoms with Gasteiger partial charge >= 0.3 is 0 Å². The number of halogens is 1. The predicted molar refractivity (Wildman–Crippen MR) is 140 cm³/mol. The second kappa shape index (κ2) is 11.5. The van der Waals surface area contributed by atoms with Gasteiger partial charge in [0.05, 0.1) is 0 Å². The first-order valence-electron chi connectivity index (χ1n) is 12.8. The first-order valence-corrected chi connectivity index (χ1v) is 12.8. The highest BCUT2D eigenvalue weighted by atomic mass is 35.5. The van der Waals surface area contributed by atoms with E-state index in [2.05, 4.69) is 57.5 Å². The van der Waals surface area contributed by atoms with Crippen LogP contribution in [-0.4, -0.2) is 28.2 Å². The lowest BCUT2D eigenvalue weighted by molar-refractivity contribution is 0.340. The Balaban J connectivity index is 0.00000259. The Morgan fingerprint density at radius 3 is 2.42 bits per heavy atom. The monoisotopic (exact) mass is 466 g/mol. The number of hydrogen-bond donors (Lipinski definition) is 2. The molecular weight excluding hydrogens is 428 g/mol. The van der Waals surface area contributed by atoms with E-state index in [0.29, 0.717) is 24.0 Å². The van der Waals surface area contributed by atoms with E-state index in [1.807, 2.05) is 12.4 Å². The lowest BCUT2D eigenvalue weighted by Crippen LogP contribution is -2.38. The van der Waals surface area contributed by atoms with Gasteiger partial charge in [0, 0.05) is 53.5 Å². The number of pyridine rings is 1. The zero-order chi connectivity index (χ0) is 21.8. The first-order chi connectivity index (χ1) is 15.8. The summed E-state index contributed by atoms with van der Waals surface area (Å²) in [5.41, 5.74) is 10.4. The van der Waals surface area contributed by atoms with Crippen LogP contribution in [0.15, 0.2) is 55.0 Å². The maximum atomic E-state index is 6.11. The number of fused-ring (bicyclic) bond motifs is 1. The predicted octanol–water partition coefficient (Wildman–Crippen LogP) is 6.34. The minimum atomic E-state index is 0. The molecule has 1 atom stereocenters.